The van der Waals surface area contributed by atoms with Crippen LogP contribution in [-0.4, -0.2) is 32.4 Å². The number of halogens is 1. The summed E-state index contributed by atoms with van der Waals surface area (Å²) in [5, 5.41) is 7.76. The fraction of sp³-hybridized carbons (Fsp3) is 0.333. The first-order chi connectivity index (χ1) is 7.70. The predicted octanol–water partition coefficient (Wildman–Crippen LogP) is 0.883. The van der Waals surface area contributed by atoms with Crippen molar-refractivity contribution in [3.8, 4) is 0 Å². The van der Waals surface area contributed by atoms with Crippen LogP contribution in [0.2, 0.25) is 5.15 Å². The summed E-state index contributed by atoms with van der Waals surface area (Å²) < 4.78 is 6.20. The van der Waals surface area contributed by atoms with E-state index in [0.29, 0.717) is 23.1 Å². The SMILES string of the molecule is CCOC(=O)Cc1cc(Cl)n2nncc2n1. The maximum absolute atomic E-state index is 11.3. The van der Waals surface area contributed by atoms with Crippen molar-refractivity contribution in [1.82, 2.24) is 19.8 Å². The zero-order chi connectivity index (χ0) is 11.5. The van der Waals surface area contributed by atoms with Gasteiger partial charge < -0.3 is 4.74 Å². The molecule has 0 atom stereocenters. The molecule has 2 heterocycles. The van der Waals surface area contributed by atoms with Crippen LogP contribution >= 0.6 is 11.6 Å². The minimum absolute atomic E-state index is 0.0925. The van der Waals surface area contributed by atoms with Gasteiger partial charge in [0.1, 0.15) is 5.15 Å². The van der Waals surface area contributed by atoms with Gasteiger partial charge in [-0.2, -0.15) is 4.52 Å². The van der Waals surface area contributed by atoms with Gasteiger partial charge in [0, 0.05) is 0 Å². The molecule has 0 unspecified atom stereocenters. The number of esters is 1. The number of fused-ring (bicyclic) bond motifs is 1. The third-order valence-electron chi connectivity index (χ3n) is 1.91. The van der Waals surface area contributed by atoms with Gasteiger partial charge >= 0.3 is 5.97 Å². The molecule has 0 radical (unpaired) electrons. The second-order valence-electron chi connectivity index (χ2n) is 3.06. The van der Waals surface area contributed by atoms with E-state index in [1.165, 1.54) is 10.7 Å². The Kier molecular flexibility index (Phi) is 3.00. The Hall–Kier alpha value is -1.69. The standard InChI is InChI=1S/C9H9ClN4O2/c1-2-16-9(15)4-6-3-7(10)14-8(12-6)5-11-13-14/h3,5H,2,4H2,1H3. The fourth-order valence-electron chi connectivity index (χ4n) is 1.29. The van der Waals surface area contributed by atoms with Gasteiger partial charge in [-0.25, -0.2) is 4.98 Å². The molecular formula is C9H9ClN4O2. The number of aromatic nitrogens is 4. The Balaban J connectivity index is 2.28. The maximum Gasteiger partial charge on any atom is 0.311 e. The number of carbonyl (C=O) groups excluding carboxylic acids is 1. The Labute approximate surface area is 96.2 Å². The van der Waals surface area contributed by atoms with E-state index in [4.69, 9.17) is 16.3 Å². The van der Waals surface area contributed by atoms with Crippen molar-refractivity contribution in [1.29, 1.82) is 0 Å². The van der Waals surface area contributed by atoms with Gasteiger partial charge in [-0.05, 0) is 13.0 Å². The highest BCUT2D eigenvalue weighted by atomic mass is 35.5. The Morgan fingerprint density at radius 1 is 1.62 bits per heavy atom. The lowest BCUT2D eigenvalue weighted by Gasteiger charge is -2.02. The molecule has 0 aliphatic rings. The zero-order valence-corrected chi connectivity index (χ0v) is 9.31. The van der Waals surface area contributed by atoms with Crippen molar-refractivity contribution < 1.29 is 9.53 Å². The van der Waals surface area contributed by atoms with E-state index in [9.17, 15) is 4.79 Å². The number of hydrogen-bond acceptors (Lipinski definition) is 5. The summed E-state index contributed by atoms with van der Waals surface area (Å²) in [5.74, 6) is -0.331. The smallest absolute Gasteiger partial charge is 0.311 e. The number of carbonyl (C=O) groups is 1. The summed E-state index contributed by atoms with van der Waals surface area (Å²) in [6, 6.07) is 1.57. The molecule has 2 aromatic rings. The molecule has 0 aliphatic heterocycles. The Morgan fingerprint density at radius 3 is 3.19 bits per heavy atom. The molecule has 0 aromatic carbocycles. The molecule has 16 heavy (non-hydrogen) atoms. The number of rotatable bonds is 3. The van der Waals surface area contributed by atoms with Gasteiger partial charge in [-0.1, -0.05) is 16.8 Å². The molecule has 2 aromatic heterocycles. The van der Waals surface area contributed by atoms with Crippen LogP contribution in [-0.2, 0) is 16.0 Å². The third kappa shape index (κ3) is 2.11. The lowest BCUT2D eigenvalue weighted by atomic mass is 10.3. The molecule has 0 bridgehead atoms. The van der Waals surface area contributed by atoms with Crippen molar-refractivity contribution in [3.63, 3.8) is 0 Å². The van der Waals surface area contributed by atoms with Crippen molar-refractivity contribution in [2.75, 3.05) is 6.61 Å². The van der Waals surface area contributed by atoms with Crippen molar-refractivity contribution >= 4 is 23.2 Å². The molecule has 0 aliphatic carbocycles. The second kappa shape index (κ2) is 4.44. The topological polar surface area (TPSA) is 69.4 Å². The first-order valence-corrected chi connectivity index (χ1v) is 5.10. The van der Waals surface area contributed by atoms with Crippen LogP contribution in [0, 0.1) is 0 Å². The highest BCUT2D eigenvalue weighted by molar-refractivity contribution is 6.29. The highest BCUT2D eigenvalue weighted by Gasteiger charge is 2.09. The average Bonchev–Trinajstić information content (AvgIpc) is 2.66. The quantitative estimate of drug-likeness (QED) is 0.589. The molecule has 0 N–H and O–H groups in total. The first kappa shape index (κ1) is 10.8. The summed E-state index contributed by atoms with van der Waals surface area (Å²) in [6.07, 6.45) is 1.57. The van der Waals surface area contributed by atoms with E-state index in [2.05, 4.69) is 15.3 Å². The first-order valence-electron chi connectivity index (χ1n) is 4.72. The van der Waals surface area contributed by atoms with Gasteiger partial charge in [0.15, 0.2) is 5.65 Å². The van der Waals surface area contributed by atoms with Crippen molar-refractivity contribution in [2.24, 2.45) is 0 Å². The van der Waals surface area contributed by atoms with Crippen LogP contribution in [0.4, 0.5) is 0 Å². The summed E-state index contributed by atoms with van der Waals surface area (Å²) in [6.45, 7) is 2.10. The second-order valence-corrected chi connectivity index (χ2v) is 3.44. The van der Waals surface area contributed by atoms with Gasteiger partial charge in [-0.3, -0.25) is 4.79 Å². The molecule has 0 saturated carbocycles. The number of ether oxygens (including phenoxy) is 1. The van der Waals surface area contributed by atoms with Crippen molar-refractivity contribution in [3.05, 3.63) is 23.1 Å². The van der Waals surface area contributed by atoms with Crippen LogP contribution in [0.1, 0.15) is 12.6 Å². The van der Waals surface area contributed by atoms with E-state index in [1.54, 1.807) is 13.0 Å². The molecule has 0 spiro atoms. The van der Waals surface area contributed by atoms with E-state index >= 15 is 0 Å². The maximum atomic E-state index is 11.3. The Bertz CT molecular complexity index is 525. The van der Waals surface area contributed by atoms with Crippen LogP contribution in [0.3, 0.4) is 0 Å². The lowest BCUT2D eigenvalue weighted by molar-refractivity contribution is -0.142. The zero-order valence-electron chi connectivity index (χ0n) is 8.55. The molecular weight excluding hydrogens is 232 g/mol. The van der Waals surface area contributed by atoms with E-state index in [1.807, 2.05) is 0 Å². The normalized spacial score (nSPS) is 10.6. The van der Waals surface area contributed by atoms with E-state index < -0.39 is 0 Å². The minimum atomic E-state index is -0.331. The molecule has 2 rings (SSSR count). The Morgan fingerprint density at radius 2 is 2.44 bits per heavy atom. The highest BCUT2D eigenvalue weighted by Crippen LogP contribution is 2.12. The van der Waals surface area contributed by atoms with Gasteiger partial charge in [-0.15, -0.1) is 5.10 Å². The monoisotopic (exact) mass is 240 g/mol. The van der Waals surface area contributed by atoms with Crippen LogP contribution in [0.15, 0.2) is 12.3 Å². The molecule has 84 valence electrons. The van der Waals surface area contributed by atoms with Gasteiger partial charge in [0.2, 0.25) is 0 Å². The minimum Gasteiger partial charge on any atom is -0.466 e. The molecule has 6 nitrogen and oxygen atoms in total. The molecule has 7 heteroatoms. The van der Waals surface area contributed by atoms with E-state index in [-0.39, 0.29) is 12.4 Å². The van der Waals surface area contributed by atoms with Gasteiger partial charge in [0.25, 0.3) is 0 Å². The van der Waals surface area contributed by atoms with Crippen LogP contribution in [0.25, 0.3) is 5.65 Å². The lowest BCUT2D eigenvalue weighted by Crippen LogP contribution is -2.09. The summed E-state index contributed by atoms with van der Waals surface area (Å²) in [5.41, 5.74) is 1.05. The van der Waals surface area contributed by atoms with Crippen molar-refractivity contribution in [2.45, 2.75) is 13.3 Å². The molecule has 0 fully saturated rings. The summed E-state index contributed by atoms with van der Waals surface area (Å²) in [4.78, 5) is 15.4. The van der Waals surface area contributed by atoms with Gasteiger partial charge in [0.05, 0.1) is 24.9 Å². The third-order valence-corrected chi connectivity index (χ3v) is 2.18. The fourth-order valence-corrected chi connectivity index (χ4v) is 1.53. The van der Waals surface area contributed by atoms with Crippen LogP contribution in [0.5, 0.6) is 0 Å². The molecule has 0 amide bonds. The van der Waals surface area contributed by atoms with Crippen LogP contribution < -0.4 is 0 Å². The average molecular weight is 241 g/mol. The molecule has 0 saturated heterocycles. The summed E-state index contributed by atoms with van der Waals surface area (Å²) >= 11 is 5.93. The largest absolute Gasteiger partial charge is 0.466 e. The van der Waals surface area contributed by atoms with E-state index in [0.717, 1.165) is 0 Å². The predicted molar refractivity (Wildman–Crippen MR) is 56.1 cm³/mol. The summed E-state index contributed by atoms with van der Waals surface area (Å²) in [7, 11) is 0. The number of nitrogens with zero attached hydrogens (tertiary/aromatic N) is 4. The number of hydrogen-bond donors (Lipinski definition) is 0.